The first-order valence-corrected chi connectivity index (χ1v) is 5.18. The molecule has 0 aliphatic carbocycles. The van der Waals surface area contributed by atoms with Gasteiger partial charge in [0, 0.05) is 24.4 Å². The van der Waals surface area contributed by atoms with E-state index in [0.717, 1.165) is 6.20 Å². The molecule has 1 fully saturated rings. The van der Waals surface area contributed by atoms with Crippen molar-refractivity contribution in [1.82, 2.24) is 4.98 Å². The molecule has 1 atom stereocenters. The number of hydrogen-bond donors (Lipinski definition) is 1. The van der Waals surface area contributed by atoms with Crippen molar-refractivity contribution in [1.29, 1.82) is 0 Å². The van der Waals surface area contributed by atoms with E-state index in [9.17, 15) is 14.9 Å². The highest BCUT2D eigenvalue weighted by atomic mass is 32.1. The van der Waals surface area contributed by atoms with Gasteiger partial charge in [0.05, 0.1) is 4.92 Å². The minimum absolute atomic E-state index is 0.0692. The lowest BCUT2D eigenvalue weighted by atomic mass is 10.3. The van der Waals surface area contributed by atoms with E-state index in [4.69, 9.17) is 0 Å². The van der Waals surface area contributed by atoms with Gasteiger partial charge in [-0.15, -0.1) is 0 Å². The van der Waals surface area contributed by atoms with E-state index in [1.807, 2.05) is 0 Å². The molecule has 0 saturated carbocycles. The molecule has 0 spiro atoms. The topological polar surface area (TPSA) is 76.3 Å². The van der Waals surface area contributed by atoms with Crippen LogP contribution in [0.15, 0.2) is 18.5 Å². The van der Waals surface area contributed by atoms with Gasteiger partial charge in [0.25, 0.3) is 0 Å². The number of carbonyl (C=O) groups excluding carboxylic acids is 1. The number of aromatic nitrogens is 1. The highest BCUT2D eigenvalue weighted by molar-refractivity contribution is 7.81. The van der Waals surface area contributed by atoms with Crippen LogP contribution >= 0.6 is 12.6 Å². The number of hydrogen-bond acceptors (Lipinski definition) is 5. The van der Waals surface area contributed by atoms with Crippen LogP contribution in [0.1, 0.15) is 6.42 Å². The fourth-order valence-corrected chi connectivity index (χ4v) is 1.99. The van der Waals surface area contributed by atoms with Gasteiger partial charge in [-0.1, -0.05) is 0 Å². The zero-order chi connectivity index (χ0) is 11.7. The molecule has 0 aromatic carbocycles. The Morgan fingerprint density at radius 1 is 1.62 bits per heavy atom. The minimum Gasteiger partial charge on any atom is -0.305 e. The second-order valence-electron chi connectivity index (χ2n) is 3.48. The van der Waals surface area contributed by atoms with Gasteiger partial charge < -0.3 is 4.90 Å². The van der Waals surface area contributed by atoms with E-state index in [0.29, 0.717) is 18.7 Å². The van der Waals surface area contributed by atoms with Gasteiger partial charge in [-0.2, -0.15) is 12.6 Å². The second kappa shape index (κ2) is 4.09. The van der Waals surface area contributed by atoms with E-state index in [-0.39, 0.29) is 16.8 Å². The van der Waals surface area contributed by atoms with Crippen LogP contribution in [0.4, 0.5) is 11.4 Å². The molecule has 16 heavy (non-hydrogen) atoms. The third kappa shape index (κ3) is 1.85. The molecule has 1 amide bonds. The molecule has 6 nitrogen and oxygen atoms in total. The fraction of sp³-hybridized carbons (Fsp3) is 0.333. The lowest BCUT2D eigenvalue weighted by Gasteiger charge is -2.15. The predicted molar refractivity (Wildman–Crippen MR) is 60.6 cm³/mol. The van der Waals surface area contributed by atoms with Gasteiger partial charge >= 0.3 is 5.69 Å². The molecule has 1 saturated heterocycles. The number of nitro groups is 1. The Bertz CT molecular complexity index is 451. The average molecular weight is 239 g/mol. The summed E-state index contributed by atoms with van der Waals surface area (Å²) in [6.07, 6.45) is 2.89. The summed E-state index contributed by atoms with van der Waals surface area (Å²) < 4.78 is 0. The SMILES string of the molecule is O=C1CC(S)CN1c1ccncc1[N+](=O)[O-]. The number of rotatable bonds is 2. The number of amides is 1. The van der Waals surface area contributed by atoms with Crippen molar-refractivity contribution in [3.63, 3.8) is 0 Å². The maximum atomic E-state index is 11.6. The summed E-state index contributed by atoms with van der Waals surface area (Å²) >= 11 is 4.20. The van der Waals surface area contributed by atoms with Crippen molar-refractivity contribution in [2.45, 2.75) is 11.7 Å². The van der Waals surface area contributed by atoms with Gasteiger partial charge in [0.2, 0.25) is 5.91 Å². The van der Waals surface area contributed by atoms with E-state index < -0.39 is 4.92 Å². The Kier molecular flexibility index (Phi) is 2.78. The molecule has 0 radical (unpaired) electrons. The molecule has 1 aromatic rings. The van der Waals surface area contributed by atoms with Crippen LogP contribution in [0.25, 0.3) is 0 Å². The summed E-state index contributed by atoms with van der Waals surface area (Å²) in [5.74, 6) is -0.144. The van der Waals surface area contributed by atoms with Crippen LogP contribution in [0, 0.1) is 10.1 Å². The lowest BCUT2D eigenvalue weighted by Crippen LogP contribution is -2.25. The standard InChI is InChI=1S/C9H9N3O3S/c13-9-3-6(16)5-11(9)7-1-2-10-4-8(7)12(14)15/h1-2,4,6,16H,3,5H2. The molecule has 1 aliphatic heterocycles. The molecular formula is C9H9N3O3S. The number of thiol groups is 1. The summed E-state index contributed by atoms with van der Waals surface area (Å²) in [4.78, 5) is 26.9. The van der Waals surface area contributed by atoms with Crippen LogP contribution in [-0.4, -0.2) is 27.6 Å². The summed E-state index contributed by atoms with van der Waals surface area (Å²) in [6.45, 7) is 0.396. The van der Waals surface area contributed by atoms with Crippen molar-refractivity contribution in [3.05, 3.63) is 28.6 Å². The van der Waals surface area contributed by atoms with Gasteiger partial charge in [-0.3, -0.25) is 19.9 Å². The molecule has 2 rings (SSSR count). The highest BCUT2D eigenvalue weighted by Gasteiger charge is 2.32. The normalized spacial score (nSPS) is 20.2. The first-order chi connectivity index (χ1) is 7.59. The number of nitrogens with zero attached hydrogens (tertiary/aromatic N) is 3. The predicted octanol–water partition coefficient (Wildman–Crippen LogP) is 1.02. The molecule has 0 N–H and O–H groups in total. The summed E-state index contributed by atoms with van der Waals surface area (Å²) in [5.41, 5.74) is 0.139. The average Bonchev–Trinajstić information content (AvgIpc) is 2.57. The van der Waals surface area contributed by atoms with Gasteiger partial charge in [-0.05, 0) is 6.07 Å². The van der Waals surface area contributed by atoms with E-state index >= 15 is 0 Å². The summed E-state index contributed by atoms with van der Waals surface area (Å²) in [6, 6.07) is 1.47. The first kappa shape index (κ1) is 10.9. The fourth-order valence-electron chi connectivity index (χ4n) is 1.67. The van der Waals surface area contributed by atoms with Gasteiger partial charge in [-0.25, -0.2) is 0 Å². The molecule has 1 unspecified atom stereocenters. The van der Waals surface area contributed by atoms with Crippen LogP contribution in [-0.2, 0) is 4.79 Å². The maximum Gasteiger partial charge on any atom is 0.311 e. The third-order valence-electron chi connectivity index (χ3n) is 2.37. The lowest BCUT2D eigenvalue weighted by molar-refractivity contribution is -0.384. The Hall–Kier alpha value is -1.63. The second-order valence-corrected chi connectivity index (χ2v) is 4.21. The molecule has 1 aromatic heterocycles. The largest absolute Gasteiger partial charge is 0.311 e. The molecule has 0 bridgehead atoms. The molecular weight excluding hydrogens is 230 g/mol. The van der Waals surface area contributed by atoms with Gasteiger partial charge in [0.15, 0.2) is 0 Å². The summed E-state index contributed by atoms with van der Waals surface area (Å²) in [5, 5.41) is 10.7. The Balaban J connectivity index is 2.40. The number of anilines is 1. The molecule has 7 heteroatoms. The number of carbonyl (C=O) groups is 1. The number of pyridine rings is 1. The van der Waals surface area contributed by atoms with Crippen molar-refractivity contribution in [2.75, 3.05) is 11.4 Å². The van der Waals surface area contributed by atoms with Crippen LogP contribution < -0.4 is 4.90 Å². The van der Waals surface area contributed by atoms with Gasteiger partial charge in [0.1, 0.15) is 11.9 Å². The quantitative estimate of drug-likeness (QED) is 0.475. The molecule has 84 valence electrons. The Morgan fingerprint density at radius 3 is 2.94 bits per heavy atom. The monoisotopic (exact) mass is 239 g/mol. The zero-order valence-electron chi connectivity index (χ0n) is 8.24. The van der Waals surface area contributed by atoms with Crippen molar-refractivity contribution >= 4 is 29.9 Å². The Morgan fingerprint density at radius 2 is 2.38 bits per heavy atom. The third-order valence-corrected chi connectivity index (χ3v) is 2.72. The Labute approximate surface area is 96.8 Å². The summed E-state index contributed by atoms with van der Waals surface area (Å²) in [7, 11) is 0. The minimum atomic E-state index is -0.540. The molecule has 1 aliphatic rings. The van der Waals surface area contributed by atoms with Crippen molar-refractivity contribution in [2.24, 2.45) is 0 Å². The van der Waals surface area contributed by atoms with Crippen LogP contribution in [0.5, 0.6) is 0 Å². The maximum absolute atomic E-state index is 11.6. The highest BCUT2D eigenvalue weighted by Crippen LogP contribution is 2.31. The van der Waals surface area contributed by atoms with Crippen LogP contribution in [0.3, 0.4) is 0 Å². The van der Waals surface area contributed by atoms with E-state index in [2.05, 4.69) is 17.6 Å². The molecule has 2 heterocycles. The van der Waals surface area contributed by atoms with Crippen LogP contribution in [0.2, 0.25) is 0 Å². The zero-order valence-corrected chi connectivity index (χ0v) is 9.13. The van der Waals surface area contributed by atoms with E-state index in [1.54, 1.807) is 0 Å². The smallest absolute Gasteiger partial charge is 0.305 e. The van der Waals surface area contributed by atoms with Crippen molar-refractivity contribution < 1.29 is 9.72 Å². The van der Waals surface area contributed by atoms with Crippen molar-refractivity contribution in [3.8, 4) is 0 Å². The first-order valence-electron chi connectivity index (χ1n) is 4.66. The van der Waals surface area contributed by atoms with E-state index in [1.165, 1.54) is 17.2 Å².